The predicted molar refractivity (Wildman–Crippen MR) is 73.0 cm³/mol. The summed E-state index contributed by atoms with van der Waals surface area (Å²) in [6.45, 7) is 4.82. The van der Waals surface area contributed by atoms with Gasteiger partial charge in [-0.2, -0.15) is 10.2 Å². The first-order valence-electron chi connectivity index (χ1n) is 5.76. The first-order chi connectivity index (χ1) is 8.54. The largest absolute Gasteiger partial charge is 0.384 e. The molecule has 6 heteroatoms. The van der Waals surface area contributed by atoms with Crippen LogP contribution in [-0.2, 0) is 4.74 Å². The van der Waals surface area contributed by atoms with Crippen LogP contribution in [0.25, 0.3) is 0 Å². The van der Waals surface area contributed by atoms with Crippen molar-refractivity contribution in [3.05, 3.63) is 23.0 Å². The van der Waals surface area contributed by atoms with Crippen LogP contribution in [0.1, 0.15) is 28.2 Å². The van der Waals surface area contributed by atoms with Crippen molar-refractivity contribution in [1.29, 1.82) is 0 Å². The van der Waals surface area contributed by atoms with Gasteiger partial charge < -0.3 is 10.1 Å². The molecule has 1 heterocycles. The molecule has 1 N–H and O–H groups in total. The molecule has 18 heavy (non-hydrogen) atoms. The van der Waals surface area contributed by atoms with Crippen LogP contribution in [0.5, 0.6) is 0 Å². The smallest absolute Gasteiger partial charge is 0.253 e. The highest BCUT2D eigenvalue weighted by atomic mass is 79.9. The van der Waals surface area contributed by atoms with Gasteiger partial charge in [0.05, 0.1) is 23.6 Å². The molecule has 1 amide bonds. The number of ether oxygens (including phenoxy) is 1. The van der Waals surface area contributed by atoms with E-state index in [4.69, 9.17) is 4.74 Å². The van der Waals surface area contributed by atoms with E-state index in [-0.39, 0.29) is 10.7 Å². The number of methoxy groups -OCH3 is 1. The molecular weight excluding hydrogens is 298 g/mol. The Morgan fingerprint density at radius 3 is 2.89 bits per heavy atom. The summed E-state index contributed by atoms with van der Waals surface area (Å²) in [7, 11) is 1.65. The Hall–Kier alpha value is -1.01. The maximum Gasteiger partial charge on any atom is 0.253 e. The van der Waals surface area contributed by atoms with Gasteiger partial charge in [0, 0.05) is 18.5 Å². The zero-order chi connectivity index (χ0) is 13.5. The maximum atomic E-state index is 11.9. The number of amides is 1. The third-order valence-corrected chi connectivity index (χ3v) is 3.16. The summed E-state index contributed by atoms with van der Waals surface area (Å²) in [4.78, 5) is 12.2. The van der Waals surface area contributed by atoms with Crippen LogP contribution in [0.2, 0.25) is 0 Å². The van der Waals surface area contributed by atoms with Crippen molar-refractivity contribution in [3.8, 4) is 0 Å². The lowest BCUT2D eigenvalue weighted by molar-refractivity contribution is 0.0950. The zero-order valence-corrected chi connectivity index (χ0v) is 12.5. The molecule has 5 nitrogen and oxygen atoms in total. The molecule has 0 aliphatic carbocycles. The van der Waals surface area contributed by atoms with Gasteiger partial charge in [0.2, 0.25) is 0 Å². The van der Waals surface area contributed by atoms with Gasteiger partial charge in [0.15, 0.2) is 0 Å². The summed E-state index contributed by atoms with van der Waals surface area (Å²) in [5.74, 6) is -0.109. The lowest BCUT2D eigenvalue weighted by atomic mass is 10.2. The number of carbonyl (C=O) groups excluding carboxylic acids is 1. The standard InChI is InChI=1S/C12H18BrN3O2/c1-8-6-11(9(2)16-15-8)12(17)14-5-4-10(13)7-18-3/h6,10H,4-5,7H2,1-3H3,(H,14,17). The number of carbonyl (C=O) groups is 1. The van der Waals surface area contributed by atoms with E-state index < -0.39 is 0 Å². The molecule has 0 aliphatic heterocycles. The van der Waals surface area contributed by atoms with Crippen molar-refractivity contribution in [2.24, 2.45) is 0 Å². The van der Waals surface area contributed by atoms with Crippen molar-refractivity contribution >= 4 is 21.8 Å². The molecular formula is C12H18BrN3O2. The molecule has 0 saturated heterocycles. The van der Waals surface area contributed by atoms with Crippen LogP contribution in [0, 0.1) is 13.8 Å². The van der Waals surface area contributed by atoms with E-state index in [0.717, 1.165) is 12.1 Å². The van der Waals surface area contributed by atoms with Gasteiger partial charge in [-0.25, -0.2) is 0 Å². The molecule has 0 aromatic carbocycles. The van der Waals surface area contributed by atoms with Crippen molar-refractivity contribution in [2.75, 3.05) is 20.3 Å². The van der Waals surface area contributed by atoms with Crippen molar-refractivity contribution in [1.82, 2.24) is 15.5 Å². The molecule has 1 aromatic rings. The molecule has 0 fully saturated rings. The Morgan fingerprint density at radius 2 is 2.22 bits per heavy atom. The molecule has 1 rings (SSSR count). The molecule has 0 radical (unpaired) electrons. The Labute approximate surface area is 115 Å². The summed E-state index contributed by atoms with van der Waals surface area (Å²) < 4.78 is 5.00. The topological polar surface area (TPSA) is 64.1 Å². The maximum absolute atomic E-state index is 11.9. The zero-order valence-electron chi connectivity index (χ0n) is 10.9. The molecule has 0 aliphatic rings. The van der Waals surface area contributed by atoms with Crippen molar-refractivity contribution < 1.29 is 9.53 Å². The average Bonchev–Trinajstić information content (AvgIpc) is 2.32. The second-order valence-electron chi connectivity index (χ2n) is 4.08. The number of hydrogen-bond acceptors (Lipinski definition) is 4. The summed E-state index contributed by atoms with van der Waals surface area (Å²) in [5, 5.41) is 10.7. The quantitative estimate of drug-likeness (QED) is 0.810. The lowest BCUT2D eigenvalue weighted by Crippen LogP contribution is -2.28. The minimum atomic E-state index is -0.109. The molecule has 0 spiro atoms. The highest BCUT2D eigenvalue weighted by molar-refractivity contribution is 9.09. The van der Waals surface area contributed by atoms with Gasteiger partial charge in [-0.1, -0.05) is 15.9 Å². The van der Waals surface area contributed by atoms with Crippen LogP contribution in [0.3, 0.4) is 0 Å². The number of nitrogens with zero attached hydrogens (tertiary/aromatic N) is 2. The molecule has 0 bridgehead atoms. The van der Waals surface area contributed by atoms with Gasteiger partial charge in [-0.05, 0) is 26.3 Å². The first-order valence-corrected chi connectivity index (χ1v) is 6.68. The van der Waals surface area contributed by atoms with Crippen LogP contribution in [0.15, 0.2) is 6.07 Å². The molecule has 100 valence electrons. The second kappa shape index (κ2) is 7.43. The highest BCUT2D eigenvalue weighted by Gasteiger charge is 2.11. The highest BCUT2D eigenvalue weighted by Crippen LogP contribution is 2.07. The number of rotatable bonds is 6. The monoisotopic (exact) mass is 315 g/mol. The number of halogens is 1. The predicted octanol–water partition coefficient (Wildman–Crippen LogP) is 1.62. The molecule has 1 unspecified atom stereocenters. The third-order valence-electron chi connectivity index (χ3n) is 2.44. The van der Waals surface area contributed by atoms with Crippen LogP contribution in [0.4, 0.5) is 0 Å². The summed E-state index contributed by atoms with van der Waals surface area (Å²) >= 11 is 3.47. The number of aromatic nitrogens is 2. The minimum Gasteiger partial charge on any atom is -0.384 e. The lowest BCUT2D eigenvalue weighted by Gasteiger charge is -2.10. The fourth-order valence-corrected chi connectivity index (χ4v) is 1.97. The van der Waals surface area contributed by atoms with E-state index >= 15 is 0 Å². The van der Waals surface area contributed by atoms with Gasteiger partial charge in [0.1, 0.15) is 0 Å². The van der Waals surface area contributed by atoms with E-state index in [9.17, 15) is 4.79 Å². The van der Waals surface area contributed by atoms with Crippen LogP contribution < -0.4 is 5.32 Å². The SMILES string of the molecule is COCC(Br)CCNC(=O)c1cc(C)nnc1C. The van der Waals surface area contributed by atoms with E-state index in [1.54, 1.807) is 20.1 Å². The molecule has 0 saturated carbocycles. The summed E-state index contributed by atoms with van der Waals surface area (Å²) in [6.07, 6.45) is 0.816. The molecule has 1 aromatic heterocycles. The van der Waals surface area contributed by atoms with Gasteiger partial charge in [0.25, 0.3) is 5.91 Å². The Bertz CT molecular complexity index is 412. The Kier molecular flexibility index (Phi) is 6.21. The van der Waals surface area contributed by atoms with Crippen LogP contribution >= 0.6 is 15.9 Å². The van der Waals surface area contributed by atoms with Gasteiger partial charge in [-0.15, -0.1) is 0 Å². The second-order valence-corrected chi connectivity index (χ2v) is 5.38. The van der Waals surface area contributed by atoms with Gasteiger partial charge >= 0.3 is 0 Å². The number of hydrogen-bond donors (Lipinski definition) is 1. The van der Waals surface area contributed by atoms with E-state index in [1.807, 2.05) is 6.92 Å². The van der Waals surface area contributed by atoms with Crippen molar-refractivity contribution in [3.63, 3.8) is 0 Å². The fraction of sp³-hybridized carbons (Fsp3) is 0.583. The Morgan fingerprint density at radius 1 is 1.50 bits per heavy atom. The first kappa shape index (κ1) is 15.0. The van der Waals surface area contributed by atoms with E-state index in [2.05, 4.69) is 31.4 Å². The number of nitrogens with one attached hydrogen (secondary N) is 1. The average molecular weight is 316 g/mol. The van der Waals surface area contributed by atoms with E-state index in [0.29, 0.717) is 24.4 Å². The van der Waals surface area contributed by atoms with Gasteiger partial charge in [-0.3, -0.25) is 4.79 Å². The Balaban J connectivity index is 2.48. The number of alkyl halides is 1. The summed E-state index contributed by atoms with van der Waals surface area (Å²) in [6, 6.07) is 1.75. The number of aryl methyl sites for hydroxylation is 2. The fourth-order valence-electron chi connectivity index (χ4n) is 1.48. The van der Waals surface area contributed by atoms with E-state index in [1.165, 1.54) is 0 Å². The third kappa shape index (κ3) is 4.70. The minimum absolute atomic E-state index is 0.109. The van der Waals surface area contributed by atoms with Crippen LogP contribution in [-0.4, -0.2) is 41.2 Å². The summed E-state index contributed by atoms with van der Waals surface area (Å²) in [5.41, 5.74) is 1.97. The molecule has 1 atom stereocenters. The van der Waals surface area contributed by atoms with Crippen molar-refractivity contribution in [2.45, 2.75) is 25.1 Å². The normalized spacial score (nSPS) is 12.2.